The lowest BCUT2D eigenvalue weighted by Crippen LogP contribution is -2.09. The fraction of sp³-hybridized carbons (Fsp3) is 0.125. The largest absolute Gasteiger partial charge is 0.140 e. The lowest BCUT2D eigenvalue weighted by atomic mass is 9.84. The number of rotatable bonds is 0. The Hall–Kier alpha value is -1.12. The minimum atomic E-state index is 0.582. The summed E-state index contributed by atoms with van der Waals surface area (Å²) < 4.78 is 2.55. The molecule has 0 saturated carbocycles. The third-order valence-electron chi connectivity index (χ3n) is 3.66. The summed E-state index contributed by atoms with van der Waals surface area (Å²) >= 11 is 5.49. The second-order valence-electron chi connectivity index (χ2n) is 4.78. The van der Waals surface area contributed by atoms with E-state index in [0.717, 1.165) is 6.42 Å². The first kappa shape index (κ1) is 10.8. The number of benzene rings is 1. The zero-order chi connectivity index (χ0) is 12.1. The van der Waals surface area contributed by atoms with Gasteiger partial charge in [0.2, 0.25) is 0 Å². The topological polar surface area (TPSA) is 0 Å². The van der Waals surface area contributed by atoms with E-state index in [9.17, 15) is 0 Å². The number of thiophene rings is 1. The number of hydrogen-bond donors (Lipinski definition) is 0. The quantitative estimate of drug-likeness (QED) is 0.615. The highest BCUT2D eigenvalue weighted by atomic mass is 79.9. The van der Waals surface area contributed by atoms with E-state index < -0.39 is 0 Å². The summed E-state index contributed by atoms with van der Waals surface area (Å²) in [5.74, 6) is 0.582. The second kappa shape index (κ2) is 3.94. The van der Waals surface area contributed by atoms with E-state index in [4.69, 9.17) is 0 Å². The van der Waals surface area contributed by atoms with Crippen molar-refractivity contribution in [2.75, 3.05) is 0 Å². The second-order valence-corrected chi connectivity index (χ2v) is 6.83. The van der Waals surface area contributed by atoms with Gasteiger partial charge in [0.15, 0.2) is 0 Å². The fourth-order valence-electron chi connectivity index (χ4n) is 2.76. The molecule has 18 heavy (non-hydrogen) atoms. The molecule has 2 aromatic rings. The van der Waals surface area contributed by atoms with Gasteiger partial charge in [0.1, 0.15) is 0 Å². The highest BCUT2D eigenvalue weighted by molar-refractivity contribution is 9.10. The number of halogens is 1. The maximum absolute atomic E-state index is 3.56. The molecular formula is C16H11BrS. The van der Waals surface area contributed by atoms with Crippen LogP contribution in [0.4, 0.5) is 0 Å². The van der Waals surface area contributed by atoms with Crippen LogP contribution in [-0.4, -0.2) is 0 Å². The van der Waals surface area contributed by atoms with Crippen LogP contribution in [0.2, 0.25) is 0 Å². The third kappa shape index (κ3) is 1.56. The van der Waals surface area contributed by atoms with Crippen molar-refractivity contribution in [3.05, 3.63) is 63.0 Å². The molecule has 1 atom stereocenters. The van der Waals surface area contributed by atoms with Crippen LogP contribution in [0.5, 0.6) is 0 Å². The zero-order valence-electron chi connectivity index (χ0n) is 9.69. The Morgan fingerprint density at radius 3 is 3.11 bits per heavy atom. The Morgan fingerprint density at radius 1 is 1.22 bits per heavy atom. The van der Waals surface area contributed by atoms with Crippen LogP contribution in [-0.2, 0) is 6.42 Å². The molecule has 0 spiro atoms. The third-order valence-corrected chi connectivity index (χ3v) is 5.34. The van der Waals surface area contributed by atoms with Gasteiger partial charge in [0.25, 0.3) is 0 Å². The van der Waals surface area contributed by atoms with Crippen molar-refractivity contribution >= 4 is 43.4 Å². The first-order valence-electron chi connectivity index (χ1n) is 6.09. The number of hydrogen-bond acceptors (Lipinski definition) is 1. The van der Waals surface area contributed by atoms with Crippen molar-refractivity contribution in [1.29, 1.82) is 0 Å². The van der Waals surface area contributed by atoms with E-state index in [1.54, 1.807) is 0 Å². The summed E-state index contributed by atoms with van der Waals surface area (Å²) in [5.41, 5.74) is 2.89. The van der Waals surface area contributed by atoms with Gasteiger partial charge >= 0.3 is 0 Å². The van der Waals surface area contributed by atoms with Crippen LogP contribution in [0.25, 0.3) is 16.2 Å². The SMILES string of the molecule is Brc1ccc2c3c(sc2c1)CC1C=CC=CC1=C3. The summed E-state index contributed by atoms with van der Waals surface area (Å²) in [6, 6.07) is 6.59. The summed E-state index contributed by atoms with van der Waals surface area (Å²) in [7, 11) is 0. The van der Waals surface area contributed by atoms with E-state index in [0.29, 0.717) is 5.92 Å². The number of allylic oxidation sites excluding steroid dienone is 5. The van der Waals surface area contributed by atoms with Gasteiger partial charge in [-0.2, -0.15) is 0 Å². The molecule has 0 bridgehead atoms. The van der Waals surface area contributed by atoms with Crippen LogP contribution in [0.1, 0.15) is 10.4 Å². The van der Waals surface area contributed by atoms with Gasteiger partial charge in [-0.25, -0.2) is 0 Å². The van der Waals surface area contributed by atoms with E-state index >= 15 is 0 Å². The molecule has 1 heterocycles. The van der Waals surface area contributed by atoms with Crippen LogP contribution in [0.3, 0.4) is 0 Å². The van der Waals surface area contributed by atoms with Gasteiger partial charge in [-0.3, -0.25) is 0 Å². The summed E-state index contributed by atoms with van der Waals surface area (Å²) in [5, 5.41) is 1.40. The average molecular weight is 315 g/mol. The molecule has 2 heteroatoms. The van der Waals surface area contributed by atoms with Gasteiger partial charge in [-0.05, 0) is 35.8 Å². The van der Waals surface area contributed by atoms with E-state index in [-0.39, 0.29) is 0 Å². The van der Waals surface area contributed by atoms with Crippen molar-refractivity contribution in [3.63, 3.8) is 0 Å². The Morgan fingerprint density at radius 2 is 2.17 bits per heavy atom. The average Bonchev–Trinajstić information content (AvgIpc) is 2.72. The predicted octanol–water partition coefficient (Wildman–Crippen LogP) is 5.35. The van der Waals surface area contributed by atoms with E-state index in [1.165, 1.54) is 30.6 Å². The molecule has 0 aliphatic heterocycles. The summed E-state index contributed by atoms with van der Waals surface area (Å²) in [6.07, 6.45) is 12.4. The molecule has 1 aromatic heterocycles. The minimum Gasteiger partial charge on any atom is -0.140 e. The predicted molar refractivity (Wildman–Crippen MR) is 83.0 cm³/mol. The van der Waals surface area contributed by atoms with Gasteiger partial charge in [0.05, 0.1) is 0 Å². The number of fused-ring (bicyclic) bond motifs is 4. The molecule has 0 saturated heterocycles. The molecule has 1 aromatic carbocycles. The molecule has 4 rings (SSSR count). The van der Waals surface area contributed by atoms with E-state index in [2.05, 4.69) is 64.5 Å². The minimum absolute atomic E-state index is 0.582. The molecule has 0 amide bonds. The van der Waals surface area contributed by atoms with Crippen molar-refractivity contribution in [3.8, 4) is 0 Å². The van der Waals surface area contributed by atoms with Crippen molar-refractivity contribution in [1.82, 2.24) is 0 Å². The van der Waals surface area contributed by atoms with Crippen LogP contribution in [0, 0.1) is 5.92 Å². The van der Waals surface area contributed by atoms with Gasteiger partial charge in [-0.1, -0.05) is 46.3 Å². The molecule has 2 aliphatic carbocycles. The maximum Gasteiger partial charge on any atom is 0.0363 e. The first-order valence-corrected chi connectivity index (χ1v) is 7.69. The van der Waals surface area contributed by atoms with Crippen molar-refractivity contribution in [2.45, 2.75) is 6.42 Å². The lowest BCUT2D eigenvalue weighted by molar-refractivity contribution is 0.771. The molecule has 0 nitrogen and oxygen atoms in total. The molecule has 88 valence electrons. The smallest absolute Gasteiger partial charge is 0.0363 e. The zero-order valence-corrected chi connectivity index (χ0v) is 12.1. The molecule has 0 N–H and O–H groups in total. The first-order chi connectivity index (χ1) is 8.81. The van der Waals surface area contributed by atoms with Gasteiger partial charge < -0.3 is 0 Å². The normalized spacial score (nSPS) is 20.7. The van der Waals surface area contributed by atoms with Crippen LogP contribution < -0.4 is 0 Å². The van der Waals surface area contributed by atoms with Gasteiger partial charge in [-0.15, -0.1) is 11.3 Å². The van der Waals surface area contributed by atoms with E-state index in [1.807, 2.05) is 11.3 Å². The Kier molecular flexibility index (Phi) is 2.36. The molecule has 0 fully saturated rings. The lowest BCUT2D eigenvalue weighted by Gasteiger charge is -2.21. The molecule has 2 aliphatic rings. The molecule has 1 unspecified atom stereocenters. The van der Waals surface area contributed by atoms with Crippen molar-refractivity contribution < 1.29 is 0 Å². The molecular weight excluding hydrogens is 304 g/mol. The highest BCUT2D eigenvalue weighted by Gasteiger charge is 2.22. The summed E-state index contributed by atoms with van der Waals surface area (Å²) in [6.45, 7) is 0. The Labute approximate surface area is 118 Å². The molecule has 0 radical (unpaired) electrons. The highest BCUT2D eigenvalue weighted by Crippen LogP contribution is 2.41. The standard InChI is InChI=1S/C16H11BrS/c17-12-5-6-13-14-7-10-3-1-2-4-11(10)8-15(14)18-16(13)9-12/h1-7,9,11H,8H2. The Bertz CT molecular complexity index is 731. The van der Waals surface area contributed by atoms with Crippen LogP contribution in [0.15, 0.2) is 52.5 Å². The van der Waals surface area contributed by atoms with Crippen LogP contribution >= 0.6 is 27.3 Å². The monoisotopic (exact) mass is 314 g/mol. The van der Waals surface area contributed by atoms with Crippen molar-refractivity contribution in [2.24, 2.45) is 5.92 Å². The maximum atomic E-state index is 3.56. The van der Waals surface area contributed by atoms with Gasteiger partial charge in [0, 0.05) is 25.4 Å². The fourth-order valence-corrected chi connectivity index (χ4v) is 4.55. The Balaban J connectivity index is 1.97. The summed E-state index contributed by atoms with van der Waals surface area (Å²) in [4.78, 5) is 1.52.